The van der Waals surface area contributed by atoms with E-state index in [4.69, 9.17) is 40.0 Å². The van der Waals surface area contributed by atoms with Gasteiger partial charge in [0.25, 0.3) is 0 Å². The molecule has 3 heterocycles. The van der Waals surface area contributed by atoms with Crippen molar-refractivity contribution in [3.63, 3.8) is 0 Å². The Morgan fingerprint density at radius 2 is 1.68 bits per heavy atom. The van der Waals surface area contributed by atoms with E-state index in [0.29, 0.717) is 0 Å². The second-order valence-electron chi connectivity index (χ2n) is 9.01. The predicted octanol–water partition coefficient (Wildman–Crippen LogP) is 1.52. The van der Waals surface area contributed by atoms with Crippen LogP contribution in [0.2, 0.25) is 5.15 Å². The lowest BCUT2D eigenvalue weighted by molar-refractivity contribution is -0.166. The average Bonchev–Trinajstić information content (AvgIpc) is 3.31. The number of nitrogens with zero attached hydrogens (tertiary/aromatic N) is 4. The maximum absolute atomic E-state index is 12.0. The topological polar surface area (TPSA) is 167 Å². The Bertz CT molecular complexity index is 1190. The van der Waals surface area contributed by atoms with Crippen molar-refractivity contribution in [1.29, 1.82) is 0 Å². The van der Waals surface area contributed by atoms with Gasteiger partial charge >= 0.3 is 29.9 Å². The number of hydrogen-bond donors (Lipinski definition) is 0. The number of hydrogen-bond acceptors (Lipinski definition) is 13. The Morgan fingerprint density at radius 1 is 1.03 bits per heavy atom. The zero-order valence-electron chi connectivity index (χ0n) is 21.1. The lowest BCUT2D eigenvalue weighted by Crippen LogP contribution is -2.40. The highest BCUT2D eigenvalue weighted by Crippen LogP contribution is 2.36. The van der Waals surface area contributed by atoms with Crippen molar-refractivity contribution >= 4 is 46.6 Å². The largest absolute Gasteiger partial charge is 0.463 e. The zero-order valence-corrected chi connectivity index (χ0v) is 21.8. The standard InChI is InChI=1S/C22H27ClN4O10/c1-10(28)32-7-13-16(34-11(2)29)17(35-12(3)30)20(36-13)27-9-24-15-18(23)25-21(26-19(15)27)33-8-14(31)37-22(4,5)6/h9,13,16-17,20H,7-8H2,1-6H3/t13-,16-,17-,20-/m1/s1. The highest BCUT2D eigenvalue weighted by molar-refractivity contribution is 6.33. The number of imidazole rings is 1. The number of fused-ring (bicyclic) bond motifs is 1. The van der Waals surface area contributed by atoms with E-state index in [9.17, 15) is 19.2 Å². The zero-order chi connectivity index (χ0) is 27.5. The minimum atomic E-state index is -1.17. The van der Waals surface area contributed by atoms with E-state index in [2.05, 4.69) is 15.0 Å². The predicted molar refractivity (Wildman–Crippen MR) is 123 cm³/mol. The molecule has 0 N–H and O–H groups in total. The normalized spacial score (nSPS) is 21.4. The van der Waals surface area contributed by atoms with Gasteiger partial charge in [0.1, 0.15) is 23.8 Å². The molecular weight excluding hydrogens is 516 g/mol. The average molecular weight is 543 g/mol. The van der Waals surface area contributed by atoms with Gasteiger partial charge in [0.2, 0.25) is 0 Å². The second kappa shape index (κ2) is 11.3. The fourth-order valence-electron chi connectivity index (χ4n) is 3.53. The molecule has 0 spiro atoms. The summed E-state index contributed by atoms with van der Waals surface area (Å²) in [5.74, 6) is -2.58. The summed E-state index contributed by atoms with van der Waals surface area (Å²) in [4.78, 5) is 59.5. The van der Waals surface area contributed by atoms with Gasteiger partial charge in [-0.2, -0.15) is 9.97 Å². The van der Waals surface area contributed by atoms with Crippen molar-refractivity contribution in [2.75, 3.05) is 13.2 Å². The van der Waals surface area contributed by atoms with Crippen molar-refractivity contribution in [2.45, 2.75) is 71.7 Å². The van der Waals surface area contributed by atoms with E-state index in [1.165, 1.54) is 31.7 Å². The molecule has 0 bridgehead atoms. The number of halogens is 1. The van der Waals surface area contributed by atoms with Crippen LogP contribution in [0.25, 0.3) is 11.2 Å². The first kappa shape index (κ1) is 28.1. The van der Waals surface area contributed by atoms with E-state index < -0.39 is 60.6 Å². The Labute approximate surface area is 216 Å². The van der Waals surface area contributed by atoms with Gasteiger partial charge in [0.05, 0.1) is 6.33 Å². The van der Waals surface area contributed by atoms with Gasteiger partial charge in [0, 0.05) is 20.8 Å². The molecule has 4 atom stereocenters. The molecular formula is C22H27ClN4O10. The number of carbonyl (C=O) groups is 4. The van der Waals surface area contributed by atoms with Crippen LogP contribution in [0, 0.1) is 0 Å². The van der Waals surface area contributed by atoms with Gasteiger partial charge in [-0.15, -0.1) is 0 Å². The molecule has 1 aliphatic rings. The lowest BCUT2D eigenvalue weighted by atomic mass is 10.1. The minimum absolute atomic E-state index is 0.0852. The van der Waals surface area contributed by atoms with Gasteiger partial charge in [0.15, 0.2) is 35.8 Å². The molecule has 0 aromatic carbocycles. The fourth-order valence-corrected chi connectivity index (χ4v) is 3.73. The van der Waals surface area contributed by atoms with Crippen molar-refractivity contribution in [3.8, 4) is 6.01 Å². The highest BCUT2D eigenvalue weighted by Gasteiger charge is 2.51. The summed E-state index contributed by atoms with van der Waals surface area (Å²) >= 11 is 6.26. The third-order valence-corrected chi connectivity index (χ3v) is 4.98. The Kier molecular flexibility index (Phi) is 8.53. The highest BCUT2D eigenvalue weighted by atomic mass is 35.5. The smallest absolute Gasteiger partial charge is 0.344 e. The van der Waals surface area contributed by atoms with Gasteiger partial charge < -0.3 is 28.4 Å². The van der Waals surface area contributed by atoms with E-state index in [-0.39, 0.29) is 28.9 Å². The van der Waals surface area contributed by atoms with Gasteiger partial charge in [-0.05, 0) is 20.8 Å². The van der Waals surface area contributed by atoms with Gasteiger partial charge in [-0.3, -0.25) is 19.0 Å². The summed E-state index contributed by atoms with van der Waals surface area (Å²) in [6, 6.07) is -0.250. The number of aromatic nitrogens is 4. The lowest BCUT2D eigenvalue weighted by Gasteiger charge is -2.23. The summed E-state index contributed by atoms with van der Waals surface area (Å²) < 4.78 is 33.8. The molecule has 1 fully saturated rings. The summed E-state index contributed by atoms with van der Waals surface area (Å²) in [5, 5.41) is -0.0852. The Balaban J connectivity index is 1.96. The number of carbonyl (C=O) groups excluding carboxylic acids is 4. The number of ether oxygens (including phenoxy) is 6. The molecule has 2 aromatic rings. The van der Waals surface area contributed by atoms with Gasteiger partial charge in [-0.25, -0.2) is 9.78 Å². The fraction of sp³-hybridized carbons (Fsp3) is 0.591. The van der Waals surface area contributed by atoms with Crippen LogP contribution in [0.3, 0.4) is 0 Å². The summed E-state index contributed by atoms with van der Waals surface area (Å²) in [6.45, 7) is 7.92. The molecule has 37 heavy (non-hydrogen) atoms. The molecule has 0 unspecified atom stereocenters. The van der Waals surface area contributed by atoms with Gasteiger partial charge in [-0.1, -0.05) is 11.6 Å². The minimum Gasteiger partial charge on any atom is -0.463 e. The Hall–Kier alpha value is -3.52. The summed E-state index contributed by atoms with van der Waals surface area (Å²) in [6.07, 6.45) is -3.09. The van der Waals surface area contributed by atoms with Crippen LogP contribution < -0.4 is 4.74 Å². The van der Waals surface area contributed by atoms with Crippen molar-refractivity contribution in [3.05, 3.63) is 11.5 Å². The van der Waals surface area contributed by atoms with Crippen LogP contribution in [0.1, 0.15) is 47.8 Å². The second-order valence-corrected chi connectivity index (χ2v) is 9.37. The quantitative estimate of drug-likeness (QED) is 0.268. The van der Waals surface area contributed by atoms with E-state index in [1.54, 1.807) is 20.8 Å². The molecule has 0 saturated carbocycles. The molecule has 0 amide bonds. The number of rotatable bonds is 8. The van der Waals surface area contributed by atoms with Crippen LogP contribution in [-0.2, 0) is 42.9 Å². The first-order valence-corrected chi connectivity index (χ1v) is 11.5. The monoisotopic (exact) mass is 542 g/mol. The molecule has 202 valence electrons. The van der Waals surface area contributed by atoms with Crippen LogP contribution in [-0.4, -0.2) is 80.5 Å². The summed E-state index contributed by atoms with van der Waals surface area (Å²) in [5.41, 5.74) is -0.450. The maximum atomic E-state index is 12.0. The van der Waals surface area contributed by atoms with E-state index in [0.717, 1.165) is 0 Å². The van der Waals surface area contributed by atoms with Crippen molar-refractivity contribution in [1.82, 2.24) is 19.5 Å². The molecule has 0 aliphatic carbocycles. The molecule has 2 aromatic heterocycles. The molecule has 3 rings (SSSR count). The van der Waals surface area contributed by atoms with Crippen molar-refractivity contribution < 1.29 is 47.6 Å². The van der Waals surface area contributed by atoms with Crippen LogP contribution >= 0.6 is 11.6 Å². The Morgan fingerprint density at radius 3 is 2.27 bits per heavy atom. The molecule has 1 aliphatic heterocycles. The molecule has 15 heteroatoms. The first-order chi connectivity index (χ1) is 17.2. The van der Waals surface area contributed by atoms with E-state index in [1.807, 2.05) is 0 Å². The number of esters is 4. The third kappa shape index (κ3) is 7.26. The van der Waals surface area contributed by atoms with E-state index >= 15 is 0 Å². The van der Waals surface area contributed by atoms with Crippen LogP contribution in [0.5, 0.6) is 6.01 Å². The SMILES string of the molecule is CC(=O)OC[C@H]1O[C@@H](n2cnc3c(Cl)nc(OCC(=O)OC(C)(C)C)nc32)[C@H](OC(C)=O)[C@@H]1OC(C)=O. The van der Waals surface area contributed by atoms with Crippen molar-refractivity contribution in [2.24, 2.45) is 0 Å². The molecule has 0 radical (unpaired) electrons. The van der Waals surface area contributed by atoms with Crippen LogP contribution in [0.15, 0.2) is 6.33 Å². The molecule has 1 saturated heterocycles. The maximum Gasteiger partial charge on any atom is 0.344 e. The third-order valence-electron chi connectivity index (χ3n) is 4.71. The first-order valence-electron chi connectivity index (χ1n) is 11.1. The van der Waals surface area contributed by atoms with Crippen LogP contribution in [0.4, 0.5) is 0 Å². The summed E-state index contributed by atoms with van der Waals surface area (Å²) in [7, 11) is 0. The molecule has 14 nitrogen and oxygen atoms in total.